The van der Waals surface area contributed by atoms with E-state index in [1.165, 1.54) is 0 Å². The lowest BCUT2D eigenvalue weighted by Crippen LogP contribution is -2.07. The first-order valence-electron chi connectivity index (χ1n) is 5.26. The third-order valence-corrected chi connectivity index (χ3v) is 3.34. The summed E-state index contributed by atoms with van der Waals surface area (Å²) in [6.07, 6.45) is 3.33. The van der Waals surface area contributed by atoms with Crippen LogP contribution in [0.1, 0.15) is 5.69 Å². The van der Waals surface area contributed by atoms with Crippen LogP contribution in [-0.2, 0) is 11.3 Å². The zero-order valence-electron chi connectivity index (χ0n) is 10.0. The molecule has 0 aliphatic rings. The smallest absolute Gasteiger partial charge is 0.200 e. The molecular formula is C11H12IN5O. The van der Waals surface area contributed by atoms with Gasteiger partial charge in [0.25, 0.3) is 0 Å². The van der Waals surface area contributed by atoms with Gasteiger partial charge in [-0.2, -0.15) is 0 Å². The second kappa shape index (κ2) is 6.01. The average molecular weight is 357 g/mol. The van der Waals surface area contributed by atoms with Gasteiger partial charge in [-0.05, 0) is 28.7 Å². The Morgan fingerprint density at radius 1 is 1.22 bits per heavy atom. The maximum atomic E-state index is 5.14. The van der Waals surface area contributed by atoms with Gasteiger partial charge in [0.2, 0.25) is 0 Å². The fraction of sp³-hybridized carbons (Fsp3) is 0.273. The normalized spacial score (nSPS) is 10.4. The second-order valence-corrected chi connectivity index (χ2v) is 4.49. The molecule has 2 rings (SSSR count). The fourth-order valence-corrected chi connectivity index (χ4v) is 2.07. The summed E-state index contributed by atoms with van der Waals surface area (Å²) < 4.78 is 6.08. The lowest BCUT2D eigenvalue weighted by Gasteiger charge is -2.09. The summed E-state index contributed by atoms with van der Waals surface area (Å²) in [7, 11) is 3.45. The molecule has 0 aromatic carbocycles. The van der Waals surface area contributed by atoms with Gasteiger partial charge in [0, 0.05) is 26.6 Å². The number of hydrogen-bond donors (Lipinski definition) is 1. The van der Waals surface area contributed by atoms with Gasteiger partial charge in [-0.3, -0.25) is 0 Å². The minimum atomic E-state index is 0.426. The number of nitrogens with one attached hydrogen (secondary N) is 1. The van der Waals surface area contributed by atoms with Crippen molar-refractivity contribution in [2.75, 3.05) is 19.5 Å². The van der Waals surface area contributed by atoms with Gasteiger partial charge in [-0.25, -0.2) is 19.9 Å². The lowest BCUT2D eigenvalue weighted by molar-refractivity contribution is 0.181. The molecule has 1 N–H and O–H groups in total. The van der Waals surface area contributed by atoms with Crippen molar-refractivity contribution in [2.24, 2.45) is 0 Å². The lowest BCUT2D eigenvalue weighted by atomic mass is 10.3. The van der Waals surface area contributed by atoms with E-state index in [1.54, 1.807) is 25.6 Å². The highest BCUT2D eigenvalue weighted by Gasteiger charge is 2.13. The van der Waals surface area contributed by atoms with E-state index in [9.17, 15) is 0 Å². The number of rotatable bonds is 4. The van der Waals surface area contributed by atoms with Crippen molar-refractivity contribution in [3.8, 4) is 11.6 Å². The molecule has 2 heterocycles. The van der Waals surface area contributed by atoms with Crippen molar-refractivity contribution in [1.29, 1.82) is 0 Å². The van der Waals surface area contributed by atoms with Crippen molar-refractivity contribution in [1.82, 2.24) is 19.9 Å². The summed E-state index contributed by atoms with van der Waals surface area (Å²) in [5.41, 5.74) is 0.819. The van der Waals surface area contributed by atoms with Crippen LogP contribution in [0.5, 0.6) is 0 Å². The van der Waals surface area contributed by atoms with Crippen LogP contribution in [0, 0.1) is 3.57 Å². The highest BCUT2D eigenvalue weighted by atomic mass is 127. The van der Waals surface area contributed by atoms with Gasteiger partial charge in [0.1, 0.15) is 5.82 Å². The second-order valence-electron chi connectivity index (χ2n) is 3.41. The molecule has 0 saturated heterocycles. The summed E-state index contributed by atoms with van der Waals surface area (Å²) in [4.78, 5) is 17.1. The van der Waals surface area contributed by atoms with Crippen molar-refractivity contribution >= 4 is 28.4 Å². The largest absolute Gasteiger partial charge is 0.378 e. The van der Waals surface area contributed by atoms with E-state index in [1.807, 2.05) is 7.05 Å². The van der Waals surface area contributed by atoms with Crippen molar-refractivity contribution in [3.05, 3.63) is 27.7 Å². The SMILES string of the molecule is CNc1nc(-c2ncccn2)nc(COC)c1I. The van der Waals surface area contributed by atoms with E-state index in [2.05, 4.69) is 47.8 Å². The van der Waals surface area contributed by atoms with Crippen LogP contribution in [0.3, 0.4) is 0 Å². The highest BCUT2D eigenvalue weighted by molar-refractivity contribution is 14.1. The van der Waals surface area contributed by atoms with Crippen LogP contribution >= 0.6 is 22.6 Å². The first-order valence-corrected chi connectivity index (χ1v) is 6.34. The Bertz CT molecular complexity index is 534. The quantitative estimate of drug-likeness (QED) is 0.841. The monoisotopic (exact) mass is 357 g/mol. The Labute approximate surface area is 118 Å². The summed E-state index contributed by atoms with van der Waals surface area (Å²) in [6.45, 7) is 0.426. The topological polar surface area (TPSA) is 72.8 Å². The Kier molecular flexibility index (Phi) is 4.37. The van der Waals surface area contributed by atoms with Gasteiger partial charge < -0.3 is 10.1 Å². The van der Waals surface area contributed by atoms with E-state index >= 15 is 0 Å². The molecule has 0 amide bonds. The molecule has 0 atom stereocenters. The van der Waals surface area contributed by atoms with Gasteiger partial charge in [-0.1, -0.05) is 0 Å². The van der Waals surface area contributed by atoms with Crippen molar-refractivity contribution < 1.29 is 4.74 Å². The molecule has 0 aliphatic carbocycles. The van der Waals surface area contributed by atoms with Crippen LogP contribution in [0.2, 0.25) is 0 Å². The average Bonchev–Trinajstić information content (AvgIpc) is 2.42. The minimum absolute atomic E-state index is 0.426. The number of nitrogens with zero attached hydrogens (tertiary/aromatic N) is 4. The Hall–Kier alpha value is -1.35. The van der Waals surface area contributed by atoms with Crippen LogP contribution in [0.25, 0.3) is 11.6 Å². The number of aromatic nitrogens is 4. The first-order chi connectivity index (χ1) is 8.76. The summed E-state index contributed by atoms with van der Waals surface area (Å²) in [5.74, 6) is 1.75. The molecule has 2 aromatic heterocycles. The molecule has 0 aliphatic heterocycles. The van der Waals surface area contributed by atoms with Crippen LogP contribution in [0.15, 0.2) is 18.5 Å². The zero-order valence-corrected chi connectivity index (χ0v) is 12.2. The highest BCUT2D eigenvalue weighted by Crippen LogP contribution is 2.22. The molecule has 2 aromatic rings. The van der Waals surface area contributed by atoms with E-state index in [-0.39, 0.29) is 0 Å². The molecule has 94 valence electrons. The van der Waals surface area contributed by atoms with Crippen molar-refractivity contribution in [2.45, 2.75) is 6.61 Å². The minimum Gasteiger partial charge on any atom is -0.378 e. The van der Waals surface area contributed by atoms with Gasteiger partial charge in [0.05, 0.1) is 15.9 Å². The van der Waals surface area contributed by atoms with Gasteiger partial charge >= 0.3 is 0 Å². The molecule has 0 unspecified atom stereocenters. The van der Waals surface area contributed by atoms with Crippen molar-refractivity contribution in [3.63, 3.8) is 0 Å². The Morgan fingerprint density at radius 3 is 2.56 bits per heavy atom. The molecule has 6 nitrogen and oxygen atoms in total. The summed E-state index contributed by atoms with van der Waals surface area (Å²) in [6, 6.07) is 1.76. The molecule has 0 saturated carbocycles. The Balaban J connectivity index is 2.52. The Morgan fingerprint density at radius 2 is 1.94 bits per heavy atom. The predicted octanol–water partition coefficient (Wildman–Crippen LogP) is 1.73. The van der Waals surface area contributed by atoms with Gasteiger partial charge in [-0.15, -0.1) is 0 Å². The van der Waals surface area contributed by atoms with E-state index in [0.29, 0.717) is 18.3 Å². The van der Waals surface area contributed by atoms with E-state index in [4.69, 9.17) is 4.74 Å². The van der Waals surface area contributed by atoms with E-state index < -0.39 is 0 Å². The third kappa shape index (κ3) is 2.72. The molecule has 0 fully saturated rings. The molecule has 0 spiro atoms. The number of anilines is 1. The van der Waals surface area contributed by atoms with Crippen LogP contribution < -0.4 is 5.32 Å². The summed E-state index contributed by atoms with van der Waals surface area (Å²) >= 11 is 2.19. The van der Waals surface area contributed by atoms with Crippen LogP contribution in [0.4, 0.5) is 5.82 Å². The number of hydrogen-bond acceptors (Lipinski definition) is 6. The molecule has 18 heavy (non-hydrogen) atoms. The fourth-order valence-electron chi connectivity index (χ4n) is 1.41. The van der Waals surface area contributed by atoms with Crippen LogP contribution in [-0.4, -0.2) is 34.1 Å². The molecular weight excluding hydrogens is 345 g/mol. The zero-order chi connectivity index (χ0) is 13.0. The molecule has 7 heteroatoms. The first kappa shape index (κ1) is 13.1. The summed E-state index contributed by atoms with van der Waals surface area (Å²) in [5, 5.41) is 3.03. The third-order valence-electron chi connectivity index (χ3n) is 2.20. The number of halogens is 1. The van der Waals surface area contributed by atoms with Gasteiger partial charge in [0.15, 0.2) is 11.6 Å². The van der Waals surface area contributed by atoms with E-state index in [0.717, 1.165) is 15.1 Å². The molecule has 0 radical (unpaired) electrons. The molecule has 0 bridgehead atoms. The standard InChI is InChI=1S/C11H12IN5O/c1-13-9-8(12)7(6-18-2)16-11(17-9)10-14-4-3-5-15-10/h3-5H,6H2,1-2H3,(H,13,16,17). The number of methoxy groups -OCH3 is 1. The predicted molar refractivity (Wildman–Crippen MR) is 76.0 cm³/mol. The maximum absolute atomic E-state index is 5.14. The number of ether oxygens (including phenoxy) is 1. The maximum Gasteiger partial charge on any atom is 0.200 e.